The van der Waals surface area contributed by atoms with Crippen LogP contribution in [0.3, 0.4) is 0 Å². The molecule has 2 aliphatic rings. The minimum absolute atomic E-state index is 0. The van der Waals surface area contributed by atoms with Crippen molar-refractivity contribution in [1.29, 1.82) is 0 Å². The Morgan fingerprint density at radius 2 is 0.800 bits per heavy atom. The maximum absolute atomic E-state index is 3.44. The summed E-state index contributed by atoms with van der Waals surface area (Å²) in [6, 6.07) is 52.0. The van der Waals surface area contributed by atoms with Crippen LogP contribution in [-0.2, 0) is 23.3 Å². The summed E-state index contributed by atoms with van der Waals surface area (Å²) in [5.74, 6) is 0.882. The average Bonchev–Trinajstić information content (AvgIpc) is 3.66. The van der Waals surface area contributed by atoms with Gasteiger partial charge in [-0.2, -0.15) is 23.3 Å². The second-order valence-electron chi connectivity index (χ2n) is 12.5. The number of benzene rings is 6. The molecule has 0 radical (unpaired) electrons. The van der Waals surface area contributed by atoms with Gasteiger partial charge in [0.1, 0.15) is 0 Å². The van der Waals surface area contributed by atoms with Gasteiger partial charge in [-0.3, -0.25) is 12.2 Å². The predicted octanol–water partition coefficient (Wildman–Crippen LogP) is 4.59. The van der Waals surface area contributed by atoms with Crippen LogP contribution < -0.4 is 35.2 Å². The molecule has 2 atom stereocenters. The van der Waals surface area contributed by atoms with Gasteiger partial charge in [0.2, 0.25) is 0 Å². The number of halogens is 2. The summed E-state index contributed by atoms with van der Waals surface area (Å²) in [4.78, 5) is 0. The van der Waals surface area contributed by atoms with Gasteiger partial charge in [0.15, 0.2) is 0 Å². The molecular formula is C46H40Cl2SiZr-2. The van der Waals surface area contributed by atoms with Crippen molar-refractivity contribution in [2.24, 2.45) is 11.8 Å². The molecule has 0 N–H and O–H groups in total. The first-order chi connectivity index (χ1) is 23.4. The van der Waals surface area contributed by atoms with E-state index in [1.165, 1.54) is 65.3 Å². The van der Waals surface area contributed by atoms with Crippen molar-refractivity contribution in [1.82, 2.24) is 0 Å². The third-order valence-corrected chi connectivity index (χ3v) is 14.9. The van der Waals surface area contributed by atoms with E-state index in [2.05, 4.69) is 198 Å². The van der Waals surface area contributed by atoms with Crippen LogP contribution in [0.5, 0.6) is 0 Å². The van der Waals surface area contributed by atoms with Crippen LogP contribution in [0.2, 0.25) is 0 Å². The molecule has 0 aromatic heterocycles. The van der Waals surface area contributed by atoms with Gasteiger partial charge in [-0.05, 0) is 21.5 Å². The second kappa shape index (κ2) is 18.6. The Kier molecular flexibility index (Phi) is 14.6. The zero-order valence-corrected chi connectivity index (χ0v) is 33.9. The number of hydrogen-bond donors (Lipinski definition) is 0. The van der Waals surface area contributed by atoms with Gasteiger partial charge in [0, 0.05) is 0 Å². The molecule has 0 heterocycles. The Bertz CT molecular complexity index is 2040. The molecule has 8 rings (SSSR count). The first-order valence-corrected chi connectivity index (χ1v) is 21.9. The molecule has 0 nitrogen and oxygen atoms in total. The summed E-state index contributed by atoms with van der Waals surface area (Å²) in [6.45, 7) is 8.64. The molecule has 6 aromatic rings. The number of hydrogen-bond acceptors (Lipinski definition) is 0. The Balaban J connectivity index is 0.000000166. The quantitative estimate of drug-likeness (QED) is 0.182. The topological polar surface area (TPSA) is 0 Å². The van der Waals surface area contributed by atoms with Crippen molar-refractivity contribution in [2.75, 3.05) is 0 Å². The number of fused-ring (bicyclic) bond motifs is 2. The van der Waals surface area contributed by atoms with Gasteiger partial charge in [0.25, 0.3) is 0 Å². The van der Waals surface area contributed by atoms with Crippen LogP contribution in [0.25, 0.3) is 32.7 Å². The predicted molar refractivity (Wildman–Crippen MR) is 205 cm³/mol. The van der Waals surface area contributed by atoms with Gasteiger partial charge in [-0.15, -0.1) is 0 Å². The van der Waals surface area contributed by atoms with E-state index < -0.39 is 5.43 Å². The van der Waals surface area contributed by atoms with Crippen molar-refractivity contribution < 1.29 is 48.1 Å². The van der Waals surface area contributed by atoms with Crippen LogP contribution in [0.1, 0.15) is 38.8 Å². The molecule has 2 unspecified atom stereocenters. The molecule has 248 valence electrons. The Morgan fingerprint density at radius 3 is 1.14 bits per heavy atom. The second-order valence-corrected chi connectivity index (χ2v) is 18.1. The van der Waals surface area contributed by atoms with Crippen LogP contribution in [0.4, 0.5) is 0 Å². The van der Waals surface area contributed by atoms with Gasteiger partial charge in [0.05, 0.1) is 0 Å². The summed E-state index contributed by atoms with van der Waals surface area (Å²) >= 11 is 1.64. The molecular weight excluding hydrogens is 743 g/mol. The van der Waals surface area contributed by atoms with E-state index in [4.69, 9.17) is 0 Å². The molecule has 50 heavy (non-hydrogen) atoms. The van der Waals surface area contributed by atoms with Crippen LogP contribution in [0.15, 0.2) is 169 Å². The summed E-state index contributed by atoms with van der Waals surface area (Å²) in [7, 11) is 0. The fourth-order valence-electron chi connectivity index (χ4n) is 6.39. The van der Waals surface area contributed by atoms with Gasteiger partial charge < -0.3 is 24.8 Å². The van der Waals surface area contributed by atoms with E-state index in [0.29, 0.717) is 11.8 Å². The zero-order valence-electron chi connectivity index (χ0n) is 28.9. The van der Waals surface area contributed by atoms with Crippen LogP contribution in [-0.4, -0.2) is 5.43 Å². The van der Waals surface area contributed by atoms with Gasteiger partial charge in [-0.25, -0.2) is 11.1 Å². The monoisotopic (exact) mass is 780 g/mol. The van der Waals surface area contributed by atoms with Crippen LogP contribution >= 0.6 is 0 Å². The van der Waals surface area contributed by atoms with Gasteiger partial charge >= 0.3 is 99.8 Å². The van der Waals surface area contributed by atoms with E-state index >= 15 is 0 Å². The molecule has 0 fully saturated rings. The average molecular weight is 783 g/mol. The first-order valence-electron chi connectivity index (χ1n) is 16.7. The van der Waals surface area contributed by atoms with Crippen molar-refractivity contribution in [3.05, 3.63) is 192 Å². The van der Waals surface area contributed by atoms with E-state index in [1.807, 2.05) is 0 Å². The van der Waals surface area contributed by atoms with Gasteiger partial charge in [-0.1, -0.05) is 136 Å². The molecule has 4 heteroatoms. The van der Waals surface area contributed by atoms with E-state index in [-0.39, 0.29) is 24.8 Å². The standard InChI is InChI=1S/2C17H15.C12H10Si.2ClH.Zr/c2*1-12-9-13(2)17(10-12)16-8-7-14-5-3-4-6-15(14)11-16;1-3-7-11(8-4-1)13-12-9-5-2-6-10-12;;;/h2*3-8,10-12H,1-2H3;1-10H;2*1H;/q2*-1;;;;+2/p-2. The Morgan fingerprint density at radius 1 is 0.460 bits per heavy atom. The minimum atomic E-state index is -0.455. The van der Waals surface area contributed by atoms with Crippen molar-refractivity contribution in [3.8, 4) is 0 Å². The third-order valence-electron chi connectivity index (χ3n) is 8.78. The summed E-state index contributed by atoms with van der Waals surface area (Å²) in [6.07, 6.45) is 11.5. The molecule has 0 bridgehead atoms. The molecule has 0 amide bonds. The molecule has 0 aliphatic heterocycles. The summed E-state index contributed by atoms with van der Waals surface area (Å²) < 4.78 is 0. The fourth-order valence-corrected chi connectivity index (χ4v) is 10.2. The molecule has 0 saturated heterocycles. The van der Waals surface area contributed by atoms with Crippen molar-refractivity contribution >= 4 is 48.5 Å². The normalized spacial score (nSPS) is 15.9. The fraction of sp³-hybridized carbons (Fsp3) is 0.130. The third kappa shape index (κ3) is 9.83. The van der Waals surface area contributed by atoms with Crippen molar-refractivity contribution in [3.63, 3.8) is 0 Å². The molecule has 0 saturated carbocycles. The Hall–Kier alpha value is -3.52. The molecule has 0 spiro atoms. The summed E-state index contributed by atoms with van der Waals surface area (Å²) in [5.41, 5.74) is 7.37. The molecule has 6 aromatic carbocycles. The zero-order chi connectivity index (χ0) is 33.5. The maximum atomic E-state index is 3.44. The summed E-state index contributed by atoms with van der Waals surface area (Å²) in [5, 5.41) is 8.24. The first kappa shape index (κ1) is 39.3. The van der Waals surface area contributed by atoms with E-state index in [1.54, 1.807) is 23.3 Å². The van der Waals surface area contributed by atoms with E-state index in [0.717, 1.165) is 0 Å². The van der Waals surface area contributed by atoms with Crippen LogP contribution in [0, 0.1) is 24.0 Å². The van der Waals surface area contributed by atoms with Crippen molar-refractivity contribution in [2.45, 2.75) is 27.7 Å². The number of rotatable bonds is 4. The Labute approximate surface area is 325 Å². The van der Waals surface area contributed by atoms with E-state index in [9.17, 15) is 0 Å². The molecule has 2 aliphatic carbocycles. The number of allylic oxidation sites excluding steroid dienone is 8. The SMILES string of the molecule is CC1=[C-]C(C)C=C1c1ccc2ccccc2c1.CC1=[C-]C(C)C=C1c1ccc2ccccc2c1.[Cl-].[Cl-].[Zr+2]=[Si](c1ccccc1)c1ccccc1.